The standard InChI is InChI=1S/C8H13N3OS/c1-9-3-2-4-10-8(12)7-5-13-6-11-7/h5-6,9H,2-4H2,1H3,(H,10,12). The molecule has 1 aromatic rings. The molecule has 0 radical (unpaired) electrons. The first-order valence-electron chi connectivity index (χ1n) is 4.15. The van der Waals surface area contributed by atoms with E-state index < -0.39 is 0 Å². The SMILES string of the molecule is CNCCCNC(=O)c1cscn1. The van der Waals surface area contributed by atoms with E-state index in [-0.39, 0.29) is 5.91 Å². The summed E-state index contributed by atoms with van der Waals surface area (Å²) >= 11 is 1.43. The molecule has 0 saturated heterocycles. The topological polar surface area (TPSA) is 54.0 Å². The van der Waals surface area contributed by atoms with Gasteiger partial charge in [0.05, 0.1) is 5.51 Å². The maximum atomic E-state index is 11.3. The Balaban J connectivity index is 2.19. The second-order valence-electron chi connectivity index (χ2n) is 2.59. The van der Waals surface area contributed by atoms with Gasteiger partial charge in [-0.1, -0.05) is 0 Å². The average molecular weight is 199 g/mol. The van der Waals surface area contributed by atoms with Crippen LogP contribution in [0.4, 0.5) is 0 Å². The summed E-state index contributed by atoms with van der Waals surface area (Å²) in [5.74, 6) is -0.0858. The number of hydrogen-bond acceptors (Lipinski definition) is 4. The molecule has 13 heavy (non-hydrogen) atoms. The Morgan fingerprint density at radius 1 is 1.62 bits per heavy atom. The molecule has 1 amide bonds. The monoisotopic (exact) mass is 199 g/mol. The van der Waals surface area contributed by atoms with Crippen molar-refractivity contribution >= 4 is 17.2 Å². The van der Waals surface area contributed by atoms with Gasteiger partial charge in [-0.05, 0) is 20.0 Å². The van der Waals surface area contributed by atoms with Crippen LogP contribution in [-0.4, -0.2) is 31.0 Å². The summed E-state index contributed by atoms with van der Waals surface area (Å²) in [6, 6.07) is 0. The maximum Gasteiger partial charge on any atom is 0.270 e. The molecular weight excluding hydrogens is 186 g/mol. The first-order valence-corrected chi connectivity index (χ1v) is 5.10. The molecule has 0 aliphatic heterocycles. The lowest BCUT2D eigenvalue weighted by atomic mass is 10.4. The lowest BCUT2D eigenvalue weighted by Gasteiger charge is -2.01. The van der Waals surface area contributed by atoms with E-state index in [9.17, 15) is 4.79 Å². The molecule has 4 nitrogen and oxygen atoms in total. The Labute approximate surface area is 81.4 Å². The maximum absolute atomic E-state index is 11.3. The van der Waals surface area contributed by atoms with Gasteiger partial charge >= 0.3 is 0 Å². The van der Waals surface area contributed by atoms with Crippen LogP contribution >= 0.6 is 11.3 Å². The zero-order valence-electron chi connectivity index (χ0n) is 7.54. The van der Waals surface area contributed by atoms with Crippen LogP contribution in [0, 0.1) is 0 Å². The van der Waals surface area contributed by atoms with Crippen LogP contribution in [-0.2, 0) is 0 Å². The van der Waals surface area contributed by atoms with Gasteiger partial charge in [-0.15, -0.1) is 11.3 Å². The summed E-state index contributed by atoms with van der Waals surface area (Å²) < 4.78 is 0. The normalized spacial score (nSPS) is 9.92. The van der Waals surface area contributed by atoms with Gasteiger partial charge in [-0.2, -0.15) is 0 Å². The zero-order valence-corrected chi connectivity index (χ0v) is 8.36. The number of amides is 1. The van der Waals surface area contributed by atoms with Gasteiger partial charge in [-0.25, -0.2) is 4.98 Å². The van der Waals surface area contributed by atoms with Crippen molar-refractivity contribution in [2.24, 2.45) is 0 Å². The van der Waals surface area contributed by atoms with Crippen molar-refractivity contribution in [1.29, 1.82) is 0 Å². The second-order valence-corrected chi connectivity index (χ2v) is 3.31. The largest absolute Gasteiger partial charge is 0.351 e. The first-order chi connectivity index (χ1) is 6.34. The lowest BCUT2D eigenvalue weighted by Crippen LogP contribution is -2.26. The molecule has 1 aromatic heterocycles. The van der Waals surface area contributed by atoms with E-state index in [4.69, 9.17) is 0 Å². The summed E-state index contributed by atoms with van der Waals surface area (Å²) in [6.07, 6.45) is 0.937. The minimum Gasteiger partial charge on any atom is -0.351 e. The van der Waals surface area contributed by atoms with E-state index in [1.807, 2.05) is 7.05 Å². The summed E-state index contributed by atoms with van der Waals surface area (Å²) in [5.41, 5.74) is 2.16. The summed E-state index contributed by atoms with van der Waals surface area (Å²) in [4.78, 5) is 15.2. The number of nitrogens with zero attached hydrogens (tertiary/aromatic N) is 1. The molecule has 0 aromatic carbocycles. The molecule has 0 atom stereocenters. The fourth-order valence-corrected chi connectivity index (χ4v) is 1.41. The number of hydrogen-bond donors (Lipinski definition) is 2. The van der Waals surface area contributed by atoms with E-state index in [0.717, 1.165) is 13.0 Å². The predicted molar refractivity (Wildman–Crippen MR) is 53.0 cm³/mol. The molecule has 72 valence electrons. The number of nitrogens with one attached hydrogen (secondary N) is 2. The Kier molecular flexibility index (Phi) is 4.42. The van der Waals surface area contributed by atoms with Crippen molar-refractivity contribution in [2.45, 2.75) is 6.42 Å². The van der Waals surface area contributed by atoms with Crippen molar-refractivity contribution in [1.82, 2.24) is 15.6 Å². The van der Waals surface area contributed by atoms with Crippen molar-refractivity contribution < 1.29 is 4.79 Å². The smallest absolute Gasteiger partial charge is 0.270 e. The van der Waals surface area contributed by atoms with Crippen molar-refractivity contribution in [3.8, 4) is 0 Å². The van der Waals surface area contributed by atoms with Gasteiger partial charge in [0, 0.05) is 11.9 Å². The molecule has 0 aliphatic rings. The summed E-state index contributed by atoms with van der Waals surface area (Å²) in [6.45, 7) is 1.61. The number of thiazole rings is 1. The molecule has 0 spiro atoms. The van der Waals surface area contributed by atoms with Crippen LogP contribution in [0.25, 0.3) is 0 Å². The molecule has 0 bridgehead atoms. The van der Waals surface area contributed by atoms with Crippen molar-refractivity contribution in [3.63, 3.8) is 0 Å². The number of carbonyl (C=O) groups excluding carboxylic acids is 1. The van der Waals surface area contributed by atoms with Gasteiger partial charge in [0.15, 0.2) is 0 Å². The van der Waals surface area contributed by atoms with Crippen LogP contribution in [0.2, 0.25) is 0 Å². The van der Waals surface area contributed by atoms with Gasteiger partial charge < -0.3 is 10.6 Å². The van der Waals surface area contributed by atoms with Crippen LogP contribution in [0.1, 0.15) is 16.9 Å². The third-order valence-electron chi connectivity index (χ3n) is 1.55. The minimum absolute atomic E-state index is 0.0858. The highest BCUT2D eigenvalue weighted by molar-refractivity contribution is 7.07. The Morgan fingerprint density at radius 2 is 2.46 bits per heavy atom. The molecule has 1 heterocycles. The zero-order chi connectivity index (χ0) is 9.52. The summed E-state index contributed by atoms with van der Waals surface area (Å²) in [7, 11) is 1.89. The first kappa shape index (κ1) is 10.1. The second kappa shape index (κ2) is 5.66. The molecule has 0 unspecified atom stereocenters. The van der Waals surface area contributed by atoms with Gasteiger partial charge in [0.1, 0.15) is 5.69 Å². The highest BCUT2D eigenvalue weighted by Crippen LogP contribution is 1.99. The Bertz CT molecular complexity index is 248. The Morgan fingerprint density at radius 3 is 3.08 bits per heavy atom. The molecule has 0 fully saturated rings. The van der Waals surface area contributed by atoms with E-state index in [0.29, 0.717) is 12.2 Å². The van der Waals surface area contributed by atoms with E-state index in [1.165, 1.54) is 11.3 Å². The van der Waals surface area contributed by atoms with Crippen LogP contribution in [0.3, 0.4) is 0 Å². The van der Waals surface area contributed by atoms with E-state index >= 15 is 0 Å². The van der Waals surface area contributed by atoms with Gasteiger partial charge in [0.2, 0.25) is 0 Å². The number of rotatable bonds is 5. The van der Waals surface area contributed by atoms with Crippen LogP contribution < -0.4 is 10.6 Å². The van der Waals surface area contributed by atoms with Gasteiger partial charge in [-0.3, -0.25) is 4.79 Å². The van der Waals surface area contributed by atoms with E-state index in [2.05, 4.69) is 15.6 Å². The third-order valence-corrected chi connectivity index (χ3v) is 2.14. The minimum atomic E-state index is -0.0858. The fraction of sp³-hybridized carbons (Fsp3) is 0.500. The predicted octanol–water partition coefficient (Wildman–Crippen LogP) is 0.482. The summed E-state index contributed by atoms with van der Waals surface area (Å²) in [5, 5.41) is 7.54. The molecule has 0 saturated carbocycles. The van der Waals surface area contributed by atoms with E-state index in [1.54, 1.807) is 10.9 Å². The van der Waals surface area contributed by atoms with Crippen molar-refractivity contribution in [3.05, 3.63) is 16.6 Å². The highest BCUT2D eigenvalue weighted by Gasteiger charge is 2.04. The van der Waals surface area contributed by atoms with Crippen molar-refractivity contribution in [2.75, 3.05) is 20.1 Å². The molecule has 5 heteroatoms. The number of carbonyl (C=O) groups is 1. The molecule has 2 N–H and O–H groups in total. The quantitative estimate of drug-likeness (QED) is 0.678. The Hall–Kier alpha value is -0.940. The third kappa shape index (κ3) is 3.52. The highest BCUT2D eigenvalue weighted by atomic mass is 32.1. The lowest BCUT2D eigenvalue weighted by molar-refractivity contribution is 0.0949. The number of aromatic nitrogens is 1. The average Bonchev–Trinajstić information content (AvgIpc) is 2.65. The molecule has 1 rings (SSSR count). The van der Waals surface area contributed by atoms with Gasteiger partial charge in [0.25, 0.3) is 5.91 Å². The van der Waals surface area contributed by atoms with Crippen LogP contribution in [0.5, 0.6) is 0 Å². The fourth-order valence-electron chi connectivity index (χ4n) is 0.882. The van der Waals surface area contributed by atoms with Crippen LogP contribution in [0.15, 0.2) is 10.9 Å². The molecular formula is C8H13N3OS. The molecule has 0 aliphatic carbocycles.